The molecule has 1 fully saturated rings. The lowest BCUT2D eigenvalue weighted by atomic mass is 10.0. The van der Waals surface area contributed by atoms with Crippen molar-refractivity contribution in [3.63, 3.8) is 0 Å². The highest BCUT2D eigenvalue weighted by molar-refractivity contribution is 7.89. The Hall–Kier alpha value is -1.70. The van der Waals surface area contributed by atoms with Gasteiger partial charge in [-0.1, -0.05) is 30.3 Å². The molecule has 1 aliphatic heterocycles. The smallest absolute Gasteiger partial charge is 0.246 e. The Balaban J connectivity index is 1.79. The van der Waals surface area contributed by atoms with Gasteiger partial charge in [-0.05, 0) is 25.3 Å². The van der Waals surface area contributed by atoms with E-state index in [4.69, 9.17) is 5.73 Å². The molecule has 0 spiro atoms. The second-order valence-corrected chi connectivity index (χ2v) is 8.00. The van der Waals surface area contributed by atoms with Crippen molar-refractivity contribution in [3.8, 4) is 0 Å². The summed E-state index contributed by atoms with van der Waals surface area (Å²) in [6.07, 6.45) is 4.42. The number of hydrogen-bond donors (Lipinski definition) is 1. The van der Waals surface area contributed by atoms with E-state index in [1.807, 2.05) is 37.3 Å². The number of benzene rings is 1. The Morgan fingerprint density at radius 2 is 2.04 bits per heavy atom. The van der Waals surface area contributed by atoms with Gasteiger partial charge in [-0.25, -0.2) is 8.42 Å². The average molecular weight is 334 g/mol. The van der Waals surface area contributed by atoms with Crippen LogP contribution in [0.25, 0.3) is 0 Å². The molecule has 1 aliphatic rings. The molecule has 0 aliphatic carbocycles. The molecular formula is C16H22N4O2S. The lowest BCUT2D eigenvalue weighted by molar-refractivity contribution is 0.247. The van der Waals surface area contributed by atoms with Crippen LogP contribution in [0.4, 0.5) is 0 Å². The SMILES string of the molecule is CC1CC(N)CCN1S(=O)(=O)c1cnn(Cc2ccccc2)c1. The Bertz CT molecular complexity index is 757. The van der Waals surface area contributed by atoms with Crippen molar-refractivity contribution in [1.29, 1.82) is 0 Å². The topological polar surface area (TPSA) is 81.2 Å². The van der Waals surface area contributed by atoms with E-state index < -0.39 is 10.0 Å². The molecule has 2 aromatic rings. The number of rotatable bonds is 4. The molecule has 1 aromatic carbocycles. The minimum atomic E-state index is -3.51. The predicted octanol–water partition coefficient (Wildman–Crippen LogP) is 1.43. The van der Waals surface area contributed by atoms with Crippen molar-refractivity contribution in [2.75, 3.05) is 6.54 Å². The van der Waals surface area contributed by atoms with Gasteiger partial charge in [0.05, 0.1) is 12.7 Å². The Kier molecular flexibility index (Phi) is 4.52. The Morgan fingerprint density at radius 3 is 2.74 bits per heavy atom. The van der Waals surface area contributed by atoms with Crippen LogP contribution < -0.4 is 5.73 Å². The second kappa shape index (κ2) is 6.43. The van der Waals surface area contributed by atoms with Crippen LogP contribution in [0.1, 0.15) is 25.3 Å². The lowest BCUT2D eigenvalue weighted by Gasteiger charge is -2.34. The molecule has 7 heteroatoms. The van der Waals surface area contributed by atoms with Gasteiger partial charge in [0.25, 0.3) is 0 Å². The van der Waals surface area contributed by atoms with Crippen LogP contribution in [0.2, 0.25) is 0 Å². The van der Waals surface area contributed by atoms with Gasteiger partial charge < -0.3 is 5.73 Å². The molecule has 0 saturated carbocycles. The van der Waals surface area contributed by atoms with E-state index in [9.17, 15) is 8.42 Å². The monoisotopic (exact) mass is 334 g/mol. The van der Waals surface area contributed by atoms with E-state index in [2.05, 4.69) is 5.10 Å². The largest absolute Gasteiger partial charge is 0.328 e. The van der Waals surface area contributed by atoms with Crippen molar-refractivity contribution in [1.82, 2.24) is 14.1 Å². The average Bonchev–Trinajstić information content (AvgIpc) is 2.97. The van der Waals surface area contributed by atoms with Gasteiger partial charge in [-0.3, -0.25) is 4.68 Å². The van der Waals surface area contributed by atoms with Gasteiger partial charge in [-0.2, -0.15) is 9.40 Å². The summed E-state index contributed by atoms with van der Waals surface area (Å²) >= 11 is 0. The van der Waals surface area contributed by atoms with Crippen LogP contribution in [0.5, 0.6) is 0 Å². The normalized spacial score (nSPS) is 23.0. The molecule has 3 rings (SSSR count). The number of hydrogen-bond acceptors (Lipinski definition) is 4. The van der Waals surface area contributed by atoms with Gasteiger partial charge >= 0.3 is 0 Å². The standard InChI is InChI=1S/C16H22N4O2S/c1-13-9-15(17)7-8-20(13)23(21,22)16-10-18-19(12-16)11-14-5-3-2-4-6-14/h2-6,10,12-13,15H,7-9,11,17H2,1H3. The first-order valence-electron chi connectivity index (χ1n) is 7.80. The fourth-order valence-corrected chi connectivity index (χ4v) is 4.63. The number of nitrogens with two attached hydrogens (primary N) is 1. The molecule has 0 amide bonds. The van der Waals surface area contributed by atoms with Crippen LogP contribution in [-0.4, -0.2) is 41.1 Å². The third kappa shape index (κ3) is 3.46. The summed E-state index contributed by atoms with van der Waals surface area (Å²) < 4.78 is 28.8. The Labute approximate surface area is 137 Å². The first-order valence-corrected chi connectivity index (χ1v) is 9.24. The highest BCUT2D eigenvalue weighted by Crippen LogP contribution is 2.24. The molecular weight excluding hydrogens is 312 g/mol. The number of sulfonamides is 1. The molecule has 2 N–H and O–H groups in total. The fourth-order valence-electron chi connectivity index (χ4n) is 3.01. The molecule has 2 unspecified atom stereocenters. The molecule has 1 saturated heterocycles. The summed E-state index contributed by atoms with van der Waals surface area (Å²) in [7, 11) is -3.51. The minimum Gasteiger partial charge on any atom is -0.328 e. The molecule has 6 nitrogen and oxygen atoms in total. The highest BCUT2D eigenvalue weighted by atomic mass is 32.2. The van der Waals surface area contributed by atoms with Crippen LogP contribution in [0.15, 0.2) is 47.6 Å². The van der Waals surface area contributed by atoms with Crippen LogP contribution in [0, 0.1) is 0 Å². The van der Waals surface area contributed by atoms with Crippen LogP contribution in [-0.2, 0) is 16.6 Å². The third-order valence-corrected chi connectivity index (χ3v) is 6.23. The van der Waals surface area contributed by atoms with Crippen molar-refractivity contribution < 1.29 is 8.42 Å². The number of aromatic nitrogens is 2. The van der Waals surface area contributed by atoms with Gasteiger partial charge in [0.1, 0.15) is 4.90 Å². The van der Waals surface area contributed by atoms with Crippen molar-refractivity contribution >= 4 is 10.0 Å². The van der Waals surface area contributed by atoms with E-state index in [0.29, 0.717) is 25.9 Å². The third-order valence-electron chi connectivity index (χ3n) is 4.26. The molecule has 2 heterocycles. The van der Waals surface area contributed by atoms with Crippen molar-refractivity contribution in [2.24, 2.45) is 5.73 Å². The van der Waals surface area contributed by atoms with E-state index >= 15 is 0 Å². The maximum absolute atomic E-state index is 12.8. The van der Waals surface area contributed by atoms with E-state index in [0.717, 1.165) is 5.56 Å². The lowest BCUT2D eigenvalue weighted by Crippen LogP contribution is -2.48. The summed E-state index contributed by atoms with van der Waals surface area (Å²) in [5.41, 5.74) is 7.00. The molecule has 0 radical (unpaired) electrons. The zero-order valence-electron chi connectivity index (χ0n) is 13.2. The van der Waals surface area contributed by atoms with Gasteiger partial charge in [0, 0.05) is 24.8 Å². The molecule has 23 heavy (non-hydrogen) atoms. The summed E-state index contributed by atoms with van der Waals surface area (Å²) in [4.78, 5) is 0.246. The van der Waals surface area contributed by atoms with Gasteiger partial charge in [-0.15, -0.1) is 0 Å². The zero-order valence-corrected chi connectivity index (χ0v) is 14.0. The predicted molar refractivity (Wildman–Crippen MR) is 88.3 cm³/mol. The molecule has 1 aromatic heterocycles. The Morgan fingerprint density at radius 1 is 1.30 bits per heavy atom. The molecule has 0 bridgehead atoms. The van der Waals surface area contributed by atoms with E-state index in [1.54, 1.807) is 15.2 Å². The van der Waals surface area contributed by atoms with Crippen molar-refractivity contribution in [2.45, 2.75) is 43.3 Å². The van der Waals surface area contributed by atoms with Crippen molar-refractivity contribution in [3.05, 3.63) is 48.3 Å². The quantitative estimate of drug-likeness (QED) is 0.917. The summed E-state index contributed by atoms with van der Waals surface area (Å²) in [5.74, 6) is 0. The first kappa shape index (κ1) is 16.2. The second-order valence-electron chi connectivity index (χ2n) is 6.11. The van der Waals surface area contributed by atoms with Gasteiger partial charge in [0.2, 0.25) is 10.0 Å². The fraction of sp³-hybridized carbons (Fsp3) is 0.438. The summed E-state index contributed by atoms with van der Waals surface area (Å²) in [6, 6.07) is 9.84. The zero-order chi connectivity index (χ0) is 16.4. The van der Waals surface area contributed by atoms with Gasteiger partial charge in [0.15, 0.2) is 0 Å². The van der Waals surface area contributed by atoms with E-state index in [-0.39, 0.29) is 17.0 Å². The first-order chi connectivity index (χ1) is 11.0. The number of piperidine rings is 1. The summed E-state index contributed by atoms with van der Waals surface area (Å²) in [5, 5.41) is 4.20. The maximum atomic E-state index is 12.8. The molecule has 124 valence electrons. The number of nitrogens with zero attached hydrogens (tertiary/aromatic N) is 3. The maximum Gasteiger partial charge on any atom is 0.246 e. The summed E-state index contributed by atoms with van der Waals surface area (Å²) in [6.45, 7) is 2.93. The van der Waals surface area contributed by atoms with Crippen LogP contribution >= 0.6 is 0 Å². The van der Waals surface area contributed by atoms with E-state index in [1.165, 1.54) is 6.20 Å². The highest BCUT2D eigenvalue weighted by Gasteiger charge is 2.34. The van der Waals surface area contributed by atoms with Crippen LogP contribution in [0.3, 0.4) is 0 Å². The molecule has 2 atom stereocenters. The minimum absolute atomic E-state index is 0.0808.